The van der Waals surface area contributed by atoms with Crippen molar-refractivity contribution < 1.29 is 34.4 Å². The molecule has 8 nitrogen and oxygen atoms in total. The molecule has 1 aromatic carbocycles. The van der Waals surface area contributed by atoms with Crippen LogP contribution in [0.3, 0.4) is 0 Å². The van der Waals surface area contributed by atoms with E-state index in [0.717, 1.165) is 28.7 Å². The molecule has 2 aliphatic heterocycles. The lowest BCUT2D eigenvalue weighted by atomic mass is 9.69. The molecule has 4 atom stereocenters. The molecule has 2 amide bonds. The first-order valence-corrected chi connectivity index (χ1v) is 12.8. The molecule has 3 aliphatic rings. The van der Waals surface area contributed by atoms with Crippen molar-refractivity contribution in [3.05, 3.63) is 46.5 Å². The number of carbonyl (C=O) groups excluding carboxylic acids is 2. The maximum Gasteiger partial charge on any atom is 0.303 e. The molecule has 2 heterocycles. The number of imide groups is 1. The van der Waals surface area contributed by atoms with Crippen LogP contribution in [0.1, 0.15) is 57.4 Å². The van der Waals surface area contributed by atoms with Gasteiger partial charge in [-0.25, -0.2) is 0 Å². The van der Waals surface area contributed by atoms with Gasteiger partial charge in [-0.05, 0) is 67.9 Å². The Hall–Kier alpha value is -2.97. The van der Waals surface area contributed by atoms with E-state index < -0.39 is 17.8 Å². The van der Waals surface area contributed by atoms with Crippen molar-refractivity contribution in [3.63, 3.8) is 0 Å². The molecule has 0 bridgehead atoms. The molecule has 1 aromatic rings. The highest BCUT2D eigenvalue weighted by Gasteiger charge is 2.56. The molecule has 1 aliphatic carbocycles. The van der Waals surface area contributed by atoms with Crippen molar-refractivity contribution in [2.45, 2.75) is 58.0 Å². The topological polar surface area (TPSA) is 124 Å². The number of amides is 2. The number of ether oxygens (including phenoxy) is 1. The number of hydrogen-bond acceptors (Lipinski definition) is 6. The van der Waals surface area contributed by atoms with Gasteiger partial charge in [0.05, 0.1) is 31.2 Å². The highest BCUT2D eigenvalue weighted by Crippen LogP contribution is 2.49. The molecule has 36 heavy (non-hydrogen) atoms. The number of benzene rings is 1. The first-order valence-electron chi connectivity index (χ1n) is 12.8. The number of aliphatic hydroxyl groups is 1. The fraction of sp³-hybridized carbons (Fsp3) is 0.536. The summed E-state index contributed by atoms with van der Waals surface area (Å²) < 4.78 is 6.14. The fourth-order valence-electron chi connectivity index (χ4n) is 5.96. The minimum Gasteiger partial charge on any atom is -0.508 e. The fourth-order valence-corrected chi connectivity index (χ4v) is 5.96. The summed E-state index contributed by atoms with van der Waals surface area (Å²) in [4.78, 5) is 38.5. The molecular weight excluding hydrogens is 462 g/mol. The summed E-state index contributed by atoms with van der Waals surface area (Å²) in [6.45, 7) is 2.56. The second-order valence-electron chi connectivity index (χ2n) is 10.1. The van der Waals surface area contributed by atoms with Crippen LogP contribution >= 0.6 is 0 Å². The number of carboxylic acid groups (broad SMARTS) is 1. The van der Waals surface area contributed by atoms with E-state index in [-0.39, 0.29) is 42.6 Å². The zero-order valence-electron chi connectivity index (χ0n) is 20.7. The number of phenolic OH excluding ortho intramolecular Hbond substituents is 1. The van der Waals surface area contributed by atoms with E-state index in [1.165, 1.54) is 4.90 Å². The molecule has 0 spiro atoms. The number of hydrogen-bond donors (Lipinski definition) is 3. The van der Waals surface area contributed by atoms with E-state index in [1.54, 1.807) is 18.2 Å². The number of fused-ring (bicyclic) bond motifs is 3. The van der Waals surface area contributed by atoms with Crippen LogP contribution in [0.5, 0.6) is 5.75 Å². The van der Waals surface area contributed by atoms with Crippen LogP contribution in [0, 0.1) is 17.8 Å². The Morgan fingerprint density at radius 1 is 1.14 bits per heavy atom. The predicted molar refractivity (Wildman–Crippen MR) is 133 cm³/mol. The number of carboxylic acids is 1. The van der Waals surface area contributed by atoms with Crippen molar-refractivity contribution in [2.75, 3.05) is 19.8 Å². The lowest BCUT2D eigenvalue weighted by molar-refractivity contribution is -0.141. The number of likely N-dealkylation sites (tertiary alicyclic amines) is 1. The Labute approximate surface area is 211 Å². The van der Waals surface area contributed by atoms with Crippen molar-refractivity contribution in [2.24, 2.45) is 17.8 Å². The molecule has 3 N–H and O–H groups in total. The van der Waals surface area contributed by atoms with Gasteiger partial charge in [0.25, 0.3) is 0 Å². The Bertz CT molecular complexity index is 1080. The molecule has 2 saturated heterocycles. The van der Waals surface area contributed by atoms with Crippen LogP contribution in [0.2, 0.25) is 0 Å². The smallest absolute Gasteiger partial charge is 0.303 e. The zero-order chi connectivity index (χ0) is 25.8. The second kappa shape index (κ2) is 11.4. The normalized spacial score (nSPS) is 25.9. The summed E-state index contributed by atoms with van der Waals surface area (Å²) in [5.41, 5.74) is 3.87. The molecular formula is C28H35NO7. The molecule has 194 valence electrons. The summed E-state index contributed by atoms with van der Waals surface area (Å²) in [6, 6.07) is 7.07. The van der Waals surface area contributed by atoms with Gasteiger partial charge in [0.2, 0.25) is 11.8 Å². The number of phenols is 1. The number of aromatic hydroxyl groups is 1. The van der Waals surface area contributed by atoms with Crippen LogP contribution in [0.25, 0.3) is 6.08 Å². The Morgan fingerprint density at radius 2 is 1.94 bits per heavy atom. The van der Waals surface area contributed by atoms with Crippen LogP contribution in [-0.4, -0.2) is 63.9 Å². The maximum absolute atomic E-state index is 13.3. The summed E-state index contributed by atoms with van der Waals surface area (Å²) in [5.74, 6) is -2.06. The van der Waals surface area contributed by atoms with Crippen molar-refractivity contribution in [3.8, 4) is 5.75 Å². The first kappa shape index (κ1) is 26.1. The zero-order valence-corrected chi connectivity index (χ0v) is 20.7. The second-order valence-corrected chi connectivity index (χ2v) is 10.1. The van der Waals surface area contributed by atoms with Crippen molar-refractivity contribution in [1.29, 1.82) is 0 Å². The largest absolute Gasteiger partial charge is 0.508 e. The van der Waals surface area contributed by atoms with E-state index in [1.807, 2.05) is 19.1 Å². The number of aliphatic hydroxyl groups excluding tert-OH is 1. The van der Waals surface area contributed by atoms with Gasteiger partial charge in [0.15, 0.2) is 0 Å². The average molecular weight is 498 g/mol. The third-order valence-electron chi connectivity index (χ3n) is 7.65. The van der Waals surface area contributed by atoms with Gasteiger partial charge < -0.3 is 20.1 Å². The number of aliphatic carboxylic acids is 1. The van der Waals surface area contributed by atoms with Crippen molar-refractivity contribution in [1.82, 2.24) is 4.90 Å². The first-order chi connectivity index (χ1) is 17.3. The predicted octanol–water partition coefficient (Wildman–Crippen LogP) is 3.53. The monoisotopic (exact) mass is 497 g/mol. The average Bonchev–Trinajstić information content (AvgIpc) is 3.36. The van der Waals surface area contributed by atoms with E-state index in [4.69, 9.17) is 9.84 Å². The highest BCUT2D eigenvalue weighted by atomic mass is 16.5. The van der Waals surface area contributed by atoms with Crippen LogP contribution < -0.4 is 0 Å². The van der Waals surface area contributed by atoms with Gasteiger partial charge in [-0.1, -0.05) is 30.2 Å². The van der Waals surface area contributed by atoms with E-state index in [9.17, 15) is 24.6 Å². The molecule has 2 fully saturated rings. The number of unbranched alkanes of at least 4 members (excludes halogenated alkanes) is 2. The molecule has 0 saturated carbocycles. The number of nitrogens with zero attached hydrogens (tertiary/aromatic N) is 1. The van der Waals surface area contributed by atoms with Gasteiger partial charge in [-0.2, -0.15) is 0 Å². The van der Waals surface area contributed by atoms with Crippen molar-refractivity contribution >= 4 is 23.9 Å². The van der Waals surface area contributed by atoms with Gasteiger partial charge in [-0.3, -0.25) is 19.3 Å². The van der Waals surface area contributed by atoms with Gasteiger partial charge in [-0.15, -0.1) is 0 Å². The lowest BCUT2D eigenvalue weighted by Crippen LogP contribution is -2.35. The van der Waals surface area contributed by atoms with Crippen LogP contribution in [0.15, 0.2) is 41.0 Å². The SMILES string of the molecule is C/C(=C\c1cccc(O)c1)CC[C@H]1OC[C@H]2C1=C(CO)C[C@H]1C(=O)N(CCCCCC(=O)O)C(=O)[C@H]12. The third-order valence-corrected chi connectivity index (χ3v) is 7.65. The summed E-state index contributed by atoms with van der Waals surface area (Å²) in [6.07, 6.45) is 5.53. The van der Waals surface area contributed by atoms with E-state index in [2.05, 4.69) is 0 Å². The maximum atomic E-state index is 13.3. The molecule has 8 heteroatoms. The quantitative estimate of drug-likeness (QED) is 0.243. The number of allylic oxidation sites excluding steroid dienone is 1. The summed E-state index contributed by atoms with van der Waals surface area (Å²) in [5, 5.41) is 28.6. The lowest BCUT2D eigenvalue weighted by Gasteiger charge is -2.31. The minimum atomic E-state index is -0.842. The molecule has 0 radical (unpaired) electrons. The minimum absolute atomic E-state index is 0.0869. The molecule has 0 unspecified atom stereocenters. The highest BCUT2D eigenvalue weighted by molar-refractivity contribution is 6.06. The summed E-state index contributed by atoms with van der Waals surface area (Å²) >= 11 is 0. The summed E-state index contributed by atoms with van der Waals surface area (Å²) in [7, 11) is 0. The Morgan fingerprint density at radius 3 is 2.67 bits per heavy atom. The Kier molecular flexibility index (Phi) is 8.26. The molecule has 4 rings (SSSR count). The van der Waals surface area contributed by atoms with Gasteiger partial charge in [0, 0.05) is 18.9 Å². The van der Waals surface area contributed by atoms with Gasteiger partial charge >= 0.3 is 5.97 Å². The molecule has 0 aromatic heterocycles. The third kappa shape index (κ3) is 5.55. The number of rotatable bonds is 11. The van der Waals surface area contributed by atoms with Gasteiger partial charge in [0.1, 0.15) is 5.75 Å². The van der Waals surface area contributed by atoms with Crippen LogP contribution in [0.4, 0.5) is 0 Å². The van der Waals surface area contributed by atoms with E-state index in [0.29, 0.717) is 45.3 Å². The van der Waals surface area contributed by atoms with Crippen LogP contribution in [-0.2, 0) is 19.1 Å². The number of carbonyl (C=O) groups is 3. The standard InChI is InChI=1S/C28H35NO7/c1-17(12-18-6-5-7-20(31)13-18)9-10-23-25-19(15-30)14-21-26(22(25)16-36-23)28(35)29(27(21)34)11-4-2-3-8-24(32)33/h5-7,12-13,21-23,26,30-31H,2-4,8-11,14-16H2,1H3,(H,32,33)/b17-12+/t21-,22+,23-,26-/m1/s1. The Balaban J connectivity index is 1.41. The van der Waals surface area contributed by atoms with E-state index >= 15 is 0 Å².